The molecule has 0 unspecified atom stereocenters. The van der Waals surface area contributed by atoms with E-state index in [0.29, 0.717) is 25.9 Å². The third kappa shape index (κ3) is 5.25. The fourth-order valence-corrected chi connectivity index (χ4v) is 3.07. The molecule has 0 spiro atoms. The van der Waals surface area contributed by atoms with Crippen molar-refractivity contribution < 1.29 is 8.42 Å². The molecule has 0 bridgehead atoms. The molecule has 0 atom stereocenters. The first kappa shape index (κ1) is 15.6. The number of hydrogen-bond acceptors (Lipinski definition) is 5. The zero-order chi connectivity index (χ0) is 15.1. The standard InChI is InChI=1S/C13H19N5O2S/c14-8-11-3-5-12(6-4-11)9-21(19,20)17-7-1-2-13-15-10-16-18-13/h3-6,10,17H,1-2,7-9,14H2,(H,15,16,18). The Bertz CT molecular complexity index is 638. The summed E-state index contributed by atoms with van der Waals surface area (Å²) in [5, 5.41) is 6.47. The highest BCUT2D eigenvalue weighted by Gasteiger charge is 2.10. The fourth-order valence-electron chi connectivity index (χ4n) is 1.88. The average molecular weight is 309 g/mol. The van der Waals surface area contributed by atoms with Crippen LogP contribution in [0.3, 0.4) is 0 Å². The second-order valence-corrected chi connectivity index (χ2v) is 6.52. The van der Waals surface area contributed by atoms with E-state index in [1.807, 2.05) is 12.1 Å². The SMILES string of the molecule is NCc1ccc(CS(=O)(=O)NCCCc2ncn[nH]2)cc1. The van der Waals surface area contributed by atoms with Gasteiger partial charge in [-0.2, -0.15) is 5.10 Å². The molecule has 0 fully saturated rings. The van der Waals surface area contributed by atoms with Crippen LogP contribution < -0.4 is 10.5 Å². The molecular weight excluding hydrogens is 290 g/mol. The molecule has 0 saturated heterocycles. The Kier molecular flexibility index (Phi) is 5.43. The van der Waals surface area contributed by atoms with Crippen molar-refractivity contribution in [3.63, 3.8) is 0 Å². The molecule has 0 aliphatic carbocycles. The molecule has 4 N–H and O–H groups in total. The van der Waals surface area contributed by atoms with Gasteiger partial charge in [-0.05, 0) is 17.5 Å². The van der Waals surface area contributed by atoms with Gasteiger partial charge in [-0.1, -0.05) is 24.3 Å². The van der Waals surface area contributed by atoms with Gasteiger partial charge in [0.05, 0.1) is 5.75 Å². The Morgan fingerprint density at radius 2 is 1.90 bits per heavy atom. The van der Waals surface area contributed by atoms with Crippen molar-refractivity contribution in [2.45, 2.75) is 25.1 Å². The largest absolute Gasteiger partial charge is 0.326 e. The molecule has 7 nitrogen and oxygen atoms in total. The zero-order valence-corrected chi connectivity index (χ0v) is 12.4. The summed E-state index contributed by atoms with van der Waals surface area (Å²) in [6.07, 6.45) is 2.76. The lowest BCUT2D eigenvalue weighted by atomic mass is 10.1. The number of benzene rings is 1. The van der Waals surface area contributed by atoms with Gasteiger partial charge in [-0.25, -0.2) is 18.1 Å². The molecule has 114 valence electrons. The van der Waals surface area contributed by atoms with Crippen LogP contribution in [0.4, 0.5) is 0 Å². The molecule has 1 heterocycles. The normalized spacial score (nSPS) is 11.7. The molecule has 8 heteroatoms. The van der Waals surface area contributed by atoms with E-state index in [0.717, 1.165) is 17.0 Å². The van der Waals surface area contributed by atoms with Crippen LogP contribution in [-0.4, -0.2) is 30.1 Å². The van der Waals surface area contributed by atoms with Gasteiger partial charge in [-0.3, -0.25) is 5.10 Å². The minimum Gasteiger partial charge on any atom is -0.326 e. The third-order valence-electron chi connectivity index (χ3n) is 2.99. The Morgan fingerprint density at radius 1 is 1.19 bits per heavy atom. The van der Waals surface area contributed by atoms with Crippen molar-refractivity contribution in [2.75, 3.05) is 6.54 Å². The molecular formula is C13H19N5O2S. The molecule has 1 aromatic carbocycles. The number of hydrogen-bond donors (Lipinski definition) is 3. The Labute approximate surface area is 124 Å². The molecule has 2 rings (SSSR count). The highest BCUT2D eigenvalue weighted by atomic mass is 32.2. The number of nitrogens with one attached hydrogen (secondary N) is 2. The maximum absolute atomic E-state index is 11.9. The van der Waals surface area contributed by atoms with Crippen molar-refractivity contribution in [2.24, 2.45) is 5.73 Å². The molecule has 0 aliphatic rings. The van der Waals surface area contributed by atoms with E-state index in [9.17, 15) is 8.42 Å². The van der Waals surface area contributed by atoms with Crippen LogP contribution >= 0.6 is 0 Å². The minimum absolute atomic E-state index is 0.0276. The fraction of sp³-hybridized carbons (Fsp3) is 0.385. The van der Waals surface area contributed by atoms with Crippen LogP contribution in [0.2, 0.25) is 0 Å². The van der Waals surface area contributed by atoms with E-state index in [1.54, 1.807) is 12.1 Å². The average Bonchev–Trinajstić information content (AvgIpc) is 2.97. The van der Waals surface area contributed by atoms with Crippen molar-refractivity contribution in [1.82, 2.24) is 19.9 Å². The molecule has 2 aromatic rings. The van der Waals surface area contributed by atoms with Gasteiger partial charge in [0.2, 0.25) is 10.0 Å². The Balaban J connectivity index is 1.78. The van der Waals surface area contributed by atoms with E-state index in [-0.39, 0.29) is 5.75 Å². The predicted octanol–water partition coefficient (Wildman–Crippen LogP) is 0.316. The predicted molar refractivity (Wildman–Crippen MR) is 79.7 cm³/mol. The number of aryl methyl sites for hydroxylation is 1. The molecule has 0 aliphatic heterocycles. The Morgan fingerprint density at radius 3 is 2.52 bits per heavy atom. The molecule has 21 heavy (non-hydrogen) atoms. The van der Waals surface area contributed by atoms with E-state index in [1.165, 1.54) is 6.33 Å². The molecule has 0 radical (unpaired) electrons. The first-order chi connectivity index (χ1) is 10.1. The van der Waals surface area contributed by atoms with E-state index in [2.05, 4.69) is 19.9 Å². The quantitative estimate of drug-likeness (QED) is 0.607. The lowest BCUT2D eigenvalue weighted by Crippen LogP contribution is -2.26. The van der Waals surface area contributed by atoms with Crippen LogP contribution in [0, 0.1) is 0 Å². The van der Waals surface area contributed by atoms with Crippen molar-refractivity contribution in [3.05, 3.63) is 47.5 Å². The number of nitrogens with zero attached hydrogens (tertiary/aromatic N) is 2. The lowest BCUT2D eigenvalue weighted by molar-refractivity contribution is 0.577. The number of rotatable bonds is 8. The van der Waals surface area contributed by atoms with Gasteiger partial charge < -0.3 is 5.73 Å². The van der Waals surface area contributed by atoms with Gasteiger partial charge in [-0.15, -0.1) is 0 Å². The summed E-state index contributed by atoms with van der Waals surface area (Å²) in [7, 11) is -3.32. The summed E-state index contributed by atoms with van der Waals surface area (Å²) in [4.78, 5) is 3.98. The maximum Gasteiger partial charge on any atom is 0.215 e. The van der Waals surface area contributed by atoms with Gasteiger partial charge in [0, 0.05) is 19.5 Å². The summed E-state index contributed by atoms with van der Waals surface area (Å²) >= 11 is 0. The van der Waals surface area contributed by atoms with Crippen LogP contribution in [-0.2, 0) is 28.7 Å². The maximum atomic E-state index is 11.9. The lowest BCUT2D eigenvalue weighted by Gasteiger charge is -2.07. The van der Waals surface area contributed by atoms with E-state index >= 15 is 0 Å². The summed E-state index contributed by atoms with van der Waals surface area (Å²) in [6, 6.07) is 7.26. The topological polar surface area (TPSA) is 114 Å². The number of H-pyrrole nitrogens is 1. The summed E-state index contributed by atoms with van der Waals surface area (Å²) in [5.41, 5.74) is 7.23. The second-order valence-electron chi connectivity index (χ2n) is 4.71. The molecule has 1 aromatic heterocycles. The number of aromatic nitrogens is 3. The van der Waals surface area contributed by atoms with Gasteiger partial charge in [0.25, 0.3) is 0 Å². The van der Waals surface area contributed by atoms with Crippen LogP contribution in [0.15, 0.2) is 30.6 Å². The van der Waals surface area contributed by atoms with Crippen molar-refractivity contribution in [1.29, 1.82) is 0 Å². The van der Waals surface area contributed by atoms with Gasteiger partial charge >= 0.3 is 0 Å². The monoisotopic (exact) mass is 309 g/mol. The number of aromatic amines is 1. The highest BCUT2D eigenvalue weighted by molar-refractivity contribution is 7.88. The zero-order valence-electron chi connectivity index (χ0n) is 11.6. The van der Waals surface area contributed by atoms with Crippen molar-refractivity contribution >= 4 is 10.0 Å². The van der Waals surface area contributed by atoms with E-state index in [4.69, 9.17) is 5.73 Å². The second kappa shape index (κ2) is 7.30. The number of nitrogens with two attached hydrogens (primary N) is 1. The van der Waals surface area contributed by atoms with E-state index < -0.39 is 10.0 Å². The first-order valence-corrected chi connectivity index (χ1v) is 8.34. The Hall–Kier alpha value is -1.77. The highest BCUT2D eigenvalue weighted by Crippen LogP contribution is 2.07. The third-order valence-corrected chi connectivity index (χ3v) is 4.35. The van der Waals surface area contributed by atoms with Crippen LogP contribution in [0.25, 0.3) is 0 Å². The first-order valence-electron chi connectivity index (χ1n) is 6.68. The van der Waals surface area contributed by atoms with Gasteiger partial charge in [0.1, 0.15) is 12.2 Å². The van der Waals surface area contributed by atoms with Crippen LogP contribution in [0.5, 0.6) is 0 Å². The summed E-state index contributed by atoms with van der Waals surface area (Å²) in [5.74, 6) is 0.728. The van der Waals surface area contributed by atoms with Gasteiger partial charge in [0.15, 0.2) is 0 Å². The van der Waals surface area contributed by atoms with Crippen LogP contribution in [0.1, 0.15) is 23.4 Å². The number of sulfonamides is 1. The summed E-state index contributed by atoms with van der Waals surface area (Å²) in [6.45, 7) is 0.830. The molecule has 0 saturated carbocycles. The van der Waals surface area contributed by atoms with Crippen molar-refractivity contribution in [3.8, 4) is 0 Å². The smallest absolute Gasteiger partial charge is 0.215 e. The minimum atomic E-state index is -3.32. The molecule has 0 amide bonds. The summed E-state index contributed by atoms with van der Waals surface area (Å²) < 4.78 is 26.5.